The Morgan fingerprint density at radius 3 is 2.56 bits per heavy atom. The van der Waals surface area contributed by atoms with Gasteiger partial charge in [0.25, 0.3) is 5.91 Å². The molecule has 0 unspecified atom stereocenters. The van der Waals surface area contributed by atoms with Crippen LogP contribution in [0, 0.1) is 6.92 Å². The predicted octanol–water partition coefficient (Wildman–Crippen LogP) is 5.15. The van der Waals surface area contributed by atoms with Crippen LogP contribution in [-0.4, -0.2) is 25.0 Å². The van der Waals surface area contributed by atoms with E-state index >= 15 is 0 Å². The van der Waals surface area contributed by atoms with Gasteiger partial charge in [-0.05, 0) is 48.9 Å². The fourth-order valence-electron chi connectivity index (χ4n) is 2.65. The minimum absolute atomic E-state index is 0.236. The second-order valence-electron chi connectivity index (χ2n) is 6.25. The van der Waals surface area contributed by atoms with Gasteiger partial charge >= 0.3 is 0 Å². The number of hydrogen-bond donors (Lipinski definition) is 1. The van der Waals surface area contributed by atoms with Gasteiger partial charge < -0.3 is 15.0 Å². The highest BCUT2D eigenvalue weighted by atomic mass is 35.5. The highest BCUT2D eigenvalue weighted by molar-refractivity contribution is 6.34. The van der Waals surface area contributed by atoms with Crippen LogP contribution in [0.4, 0.5) is 11.4 Å². The number of ether oxygens (including phenoxy) is 1. The number of para-hydroxylation sites is 1. The summed E-state index contributed by atoms with van der Waals surface area (Å²) < 4.78 is 5.88. The standard InChI is InChI=1S/C21H20ClN3O2/c1-14-7-8-15(13-19(14)27-16-9-11-23-12-10-16)21(26)24-18-6-4-5-17(22)20(18)25(2)3/h4-13H,1-3H3,(H,24,26). The van der Waals surface area contributed by atoms with Crippen LogP contribution in [0.2, 0.25) is 5.02 Å². The lowest BCUT2D eigenvalue weighted by Crippen LogP contribution is -2.17. The van der Waals surface area contributed by atoms with Crippen molar-refractivity contribution in [1.82, 2.24) is 4.98 Å². The first-order valence-corrected chi connectivity index (χ1v) is 8.79. The third kappa shape index (κ3) is 4.38. The lowest BCUT2D eigenvalue weighted by molar-refractivity contribution is 0.102. The lowest BCUT2D eigenvalue weighted by Gasteiger charge is -2.19. The van der Waals surface area contributed by atoms with Gasteiger partial charge in [-0.25, -0.2) is 0 Å². The molecule has 1 N–H and O–H groups in total. The van der Waals surface area contributed by atoms with Crippen molar-refractivity contribution >= 4 is 28.9 Å². The average molecular weight is 382 g/mol. The zero-order valence-electron chi connectivity index (χ0n) is 15.4. The number of aryl methyl sites for hydroxylation is 1. The van der Waals surface area contributed by atoms with Gasteiger partial charge in [0.05, 0.1) is 16.4 Å². The van der Waals surface area contributed by atoms with Crippen LogP contribution in [0.1, 0.15) is 15.9 Å². The number of hydrogen-bond acceptors (Lipinski definition) is 4. The molecule has 138 valence electrons. The van der Waals surface area contributed by atoms with Crippen molar-refractivity contribution in [1.29, 1.82) is 0 Å². The molecule has 0 aliphatic heterocycles. The number of nitrogens with one attached hydrogen (secondary N) is 1. The molecular weight excluding hydrogens is 362 g/mol. The third-order valence-electron chi connectivity index (χ3n) is 4.01. The Hall–Kier alpha value is -3.05. The van der Waals surface area contributed by atoms with Crippen LogP contribution >= 0.6 is 11.6 Å². The molecule has 1 amide bonds. The number of rotatable bonds is 5. The largest absolute Gasteiger partial charge is 0.457 e. The second-order valence-corrected chi connectivity index (χ2v) is 6.66. The van der Waals surface area contributed by atoms with Crippen LogP contribution in [0.5, 0.6) is 11.5 Å². The average Bonchev–Trinajstić information content (AvgIpc) is 2.64. The summed E-state index contributed by atoms with van der Waals surface area (Å²) in [4.78, 5) is 18.6. The summed E-state index contributed by atoms with van der Waals surface area (Å²) in [7, 11) is 3.76. The SMILES string of the molecule is Cc1ccc(C(=O)Nc2cccc(Cl)c2N(C)C)cc1Oc1ccncc1. The lowest BCUT2D eigenvalue weighted by atomic mass is 10.1. The zero-order valence-corrected chi connectivity index (χ0v) is 16.1. The number of aromatic nitrogens is 1. The third-order valence-corrected chi connectivity index (χ3v) is 4.32. The summed E-state index contributed by atoms with van der Waals surface area (Å²) in [6.07, 6.45) is 3.31. The van der Waals surface area contributed by atoms with Crippen molar-refractivity contribution < 1.29 is 9.53 Å². The molecule has 0 atom stereocenters. The normalized spacial score (nSPS) is 10.4. The molecule has 0 radical (unpaired) electrons. The molecule has 1 heterocycles. The van der Waals surface area contributed by atoms with E-state index in [2.05, 4.69) is 10.3 Å². The Kier molecular flexibility index (Phi) is 5.62. The summed E-state index contributed by atoms with van der Waals surface area (Å²) in [5.74, 6) is 1.04. The molecule has 3 aromatic rings. The van der Waals surface area contributed by atoms with Crippen molar-refractivity contribution in [3.63, 3.8) is 0 Å². The van der Waals surface area contributed by atoms with Crippen molar-refractivity contribution in [2.75, 3.05) is 24.3 Å². The molecule has 2 aromatic carbocycles. The quantitative estimate of drug-likeness (QED) is 0.663. The highest BCUT2D eigenvalue weighted by Crippen LogP contribution is 2.33. The molecule has 0 saturated heterocycles. The van der Waals surface area contributed by atoms with E-state index in [1.54, 1.807) is 48.8 Å². The van der Waals surface area contributed by atoms with Gasteiger partial charge in [-0.3, -0.25) is 9.78 Å². The predicted molar refractivity (Wildman–Crippen MR) is 109 cm³/mol. The Morgan fingerprint density at radius 2 is 1.85 bits per heavy atom. The maximum atomic E-state index is 12.8. The van der Waals surface area contributed by atoms with Crippen molar-refractivity contribution in [3.8, 4) is 11.5 Å². The minimum Gasteiger partial charge on any atom is -0.457 e. The fraction of sp³-hybridized carbons (Fsp3) is 0.143. The van der Waals surface area contributed by atoms with Gasteiger partial charge in [0.1, 0.15) is 11.5 Å². The molecule has 0 spiro atoms. The summed E-state index contributed by atoms with van der Waals surface area (Å²) in [5, 5.41) is 3.50. The topological polar surface area (TPSA) is 54.5 Å². The number of anilines is 2. The molecule has 1 aromatic heterocycles. The van der Waals surface area contributed by atoms with E-state index in [-0.39, 0.29) is 5.91 Å². The number of amides is 1. The van der Waals surface area contributed by atoms with Crippen LogP contribution in [0.15, 0.2) is 60.9 Å². The van der Waals surface area contributed by atoms with Crippen LogP contribution < -0.4 is 15.0 Å². The number of pyridine rings is 1. The van der Waals surface area contributed by atoms with Gasteiger partial charge in [-0.2, -0.15) is 0 Å². The summed E-state index contributed by atoms with van der Waals surface area (Å²) >= 11 is 6.27. The van der Waals surface area contributed by atoms with E-state index < -0.39 is 0 Å². The van der Waals surface area contributed by atoms with Crippen molar-refractivity contribution in [2.45, 2.75) is 6.92 Å². The molecule has 0 fully saturated rings. The Morgan fingerprint density at radius 1 is 1.11 bits per heavy atom. The maximum absolute atomic E-state index is 12.8. The Bertz CT molecular complexity index is 959. The van der Waals surface area contributed by atoms with E-state index in [4.69, 9.17) is 16.3 Å². The molecule has 0 bridgehead atoms. The van der Waals surface area contributed by atoms with Gasteiger partial charge in [-0.15, -0.1) is 0 Å². The summed E-state index contributed by atoms with van der Waals surface area (Å²) in [6, 6.07) is 14.3. The smallest absolute Gasteiger partial charge is 0.255 e. The molecule has 27 heavy (non-hydrogen) atoms. The summed E-state index contributed by atoms with van der Waals surface area (Å²) in [6.45, 7) is 1.93. The Labute approximate surface area is 163 Å². The van der Waals surface area contributed by atoms with Gasteiger partial charge in [0.2, 0.25) is 0 Å². The number of halogens is 1. The van der Waals surface area contributed by atoms with E-state index in [1.165, 1.54) is 0 Å². The first kappa shape index (κ1) is 18.7. The maximum Gasteiger partial charge on any atom is 0.255 e. The van der Waals surface area contributed by atoms with Gasteiger partial charge in [0, 0.05) is 32.1 Å². The Balaban J connectivity index is 1.86. The van der Waals surface area contributed by atoms with E-state index in [0.717, 1.165) is 11.3 Å². The molecule has 0 aliphatic carbocycles. The monoisotopic (exact) mass is 381 g/mol. The number of carbonyl (C=O) groups is 1. The second kappa shape index (κ2) is 8.10. The van der Waals surface area contributed by atoms with Crippen LogP contribution in [0.25, 0.3) is 0 Å². The van der Waals surface area contributed by atoms with E-state index in [1.807, 2.05) is 38.1 Å². The van der Waals surface area contributed by atoms with Crippen molar-refractivity contribution in [3.05, 3.63) is 77.1 Å². The molecule has 0 saturated carbocycles. The highest BCUT2D eigenvalue weighted by Gasteiger charge is 2.14. The van der Waals surface area contributed by atoms with E-state index in [0.29, 0.717) is 27.8 Å². The first-order valence-electron chi connectivity index (χ1n) is 8.41. The number of carbonyl (C=O) groups excluding carboxylic acids is 1. The molecule has 6 heteroatoms. The molecule has 5 nitrogen and oxygen atoms in total. The van der Waals surface area contributed by atoms with Gasteiger partial charge in [-0.1, -0.05) is 23.7 Å². The van der Waals surface area contributed by atoms with Gasteiger partial charge in [0.15, 0.2) is 0 Å². The minimum atomic E-state index is -0.236. The van der Waals surface area contributed by atoms with E-state index in [9.17, 15) is 4.79 Å². The zero-order chi connectivity index (χ0) is 19.4. The molecular formula is C21H20ClN3O2. The van der Waals surface area contributed by atoms with Crippen molar-refractivity contribution in [2.24, 2.45) is 0 Å². The first-order chi connectivity index (χ1) is 13.0. The number of benzene rings is 2. The number of nitrogens with zero attached hydrogens (tertiary/aromatic N) is 2. The molecule has 3 rings (SSSR count). The van der Waals surface area contributed by atoms with Crippen LogP contribution in [-0.2, 0) is 0 Å². The fourth-order valence-corrected chi connectivity index (χ4v) is 2.99. The summed E-state index contributed by atoms with van der Waals surface area (Å²) in [5.41, 5.74) is 2.83. The van der Waals surface area contributed by atoms with Crippen LogP contribution in [0.3, 0.4) is 0 Å². The molecule has 0 aliphatic rings.